The molecule has 0 aliphatic carbocycles. The van der Waals surface area contributed by atoms with Crippen LogP contribution in [0.5, 0.6) is 0 Å². The Morgan fingerprint density at radius 3 is 1.14 bits per heavy atom. The molecule has 2 saturated heterocycles. The van der Waals surface area contributed by atoms with Gasteiger partial charge in [0.05, 0.1) is 0 Å². The summed E-state index contributed by atoms with van der Waals surface area (Å²) in [7, 11) is -32.0. The van der Waals surface area contributed by atoms with E-state index in [0.717, 1.165) is 65.3 Å². The maximum atomic E-state index is 9.87. The molecule has 44 heavy (non-hydrogen) atoms. The van der Waals surface area contributed by atoms with Crippen molar-refractivity contribution in [2.45, 2.75) is 31.1 Å². The van der Waals surface area contributed by atoms with Gasteiger partial charge in [0.25, 0.3) is 0 Å². The Bertz CT molecular complexity index is 783. The minimum atomic E-state index is -10.7. The van der Waals surface area contributed by atoms with Gasteiger partial charge in [0.1, 0.15) is 0 Å². The molecule has 0 aromatic carbocycles. The molecule has 0 aromatic heterocycles. The van der Waals surface area contributed by atoms with Gasteiger partial charge in [0, 0.05) is 52.2 Å². The summed E-state index contributed by atoms with van der Waals surface area (Å²) in [6.07, 6.45) is 2.07. The second-order valence-corrected chi connectivity index (χ2v) is 16.5. The van der Waals surface area contributed by atoms with Crippen molar-refractivity contribution in [1.29, 1.82) is 0 Å². The second kappa shape index (κ2) is 13.7. The van der Waals surface area contributed by atoms with Gasteiger partial charge in [-0.05, 0) is 32.6 Å². The van der Waals surface area contributed by atoms with Crippen LogP contribution in [-0.2, 0) is 17.1 Å². The molecule has 0 aromatic rings. The number of halogens is 20. The van der Waals surface area contributed by atoms with Gasteiger partial charge in [-0.3, -0.25) is 4.90 Å². The van der Waals surface area contributed by atoms with Crippen molar-refractivity contribution in [3.05, 3.63) is 0 Å². The van der Waals surface area contributed by atoms with Crippen LogP contribution in [0.25, 0.3) is 0 Å². The van der Waals surface area contributed by atoms with Gasteiger partial charge >= 0.3 is 116 Å². The molecule has 2 heterocycles. The van der Waals surface area contributed by atoms with Crippen LogP contribution in [0.15, 0.2) is 0 Å². The Morgan fingerprint density at radius 1 is 0.477 bits per heavy atom. The number of alkyl halides is 2. The summed E-state index contributed by atoms with van der Waals surface area (Å²) in [5.41, 5.74) is 0. The summed E-state index contributed by atoms with van der Waals surface area (Å²) in [5, 5.41) is 0. The van der Waals surface area contributed by atoms with E-state index in [0.29, 0.717) is 0 Å². The molecule has 2 aliphatic heterocycles. The van der Waals surface area contributed by atoms with E-state index in [1.54, 1.807) is 0 Å². The maximum Gasteiger partial charge on any atom is 3.00 e. The van der Waals surface area contributed by atoms with Crippen molar-refractivity contribution in [3.8, 4) is 0 Å². The van der Waals surface area contributed by atoms with E-state index in [9.17, 15) is 75.5 Å². The standard InChI is InChI=1S/C16H32Cl2N4.3F6P.Mn/c1-3-19-7-5-8-21-11-10-20(4-2)9-6-16(17,18)22(14-12-19)15-13-21;3*1-7(2,3,4,5)6;/h3-15H2,1-2H3;;;;/q;3*-1;+3. The Labute approximate surface area is 261 Å². The Kier molecular flexibility index (Phi) is 15.4. The molecule has 2 rings (SSSR count). The molecule has 0 spiro atoms. The monoisotopic (exact) mass is 840 g/mol. The fraction of sp³-hybridized carbons (Fsp3) is 1.00. The molecule has 278 valence electrons. The predicted octanol–water partition coefficient (Wildman–Crippen LogP) is 12.3. The first kappa shape index (κ1) is 49.4. The quantitative estimate of drug-likeness (QED) is 0.0903. The third kappa shape index (κ3) is 52.5. The van der Waals surface area contributed by atoms with E-state index < -0.39 is 27.9 Å². The Morgan fingerprint density at radius 2 is 0.773 bits per heavy atom. The Hall–Kier alpha value is 0.969. The number of hydrogen-bond acceptors (Lipinski definition) is 4. The molecule has 2 unspecified atom stereocenters. The molecule has 0 saturated carbocycles. The van der Waals surface area contributed by atoms with Crippen LogP contribution in [0, 0.1) is 0 Å². The molecule has 4 nitrogen and oxygen atoms in total. The minimum absolute atomic E-state index is 0. The zero-order valence-electron chi connectivity index (χ0n) is 22.8. The van der Waals surface area contributed by atoms with Crippen LogP contribution >= 0.6 is 46.6 Å². The van der Waals surface area contributed by atoms with Crippen molar-refractivity contribution in [3.63, 3.8) is 0 Å². The van der Waals surface area contributed by atoms with Gasteiger partial charge in [0.15, 0.2) is 4.46 Å². The van der Waals surface area contributed by atoms with Gasteiger partial charge in [0.2, 0.25) is 0 Å². The molecule has 2 bridgehead atoms. The molecule has 0 N–H and O–H groups in total. The number of hydrogen-bond donors (Lipinski definition) is 0. The molecule has 28 heteroatoms. The fourth-order valence-corrected chi connectivity index (χ4v) is 3.91. The van der Waals surface area contributed by atoms with Crippen LogP contribution in [0.4, 0.5) is 75.5 Å². The van der Waals surface area contributed by atoms with Crippen LogP contribution in [0.2, 0.25) is 0 Å². The zero-order valence-corrected chi connectivity index (χ0v) is 28.1. The van der Waals surface area contributed by atoms with Crippen molar-refractivity contribution in [2.75, 3.05) is 72.0 Å². The topological polar surface area (TPSA) is 13.0 Å². The third-order valence-electron chi connectivity index (χ3n) is 5.14. The number of fused-ring (bicyclic) bond motifs is 3. The summed E-state index contributed by atoms with van der Waals surface area (Å²) in [5.74, 6) is 0. The van der Waals surface area contributed by atoms with E-state index in [2.05, 4.69) is 33.4 Å². The van der Waals surface area contributed by atoms with Crippen LogP contribution in [-0.4, -0.2) is 96.0 Å². The molecule has 0 amide bonds. The maximum absolute atomic E-state index is 10.7. The SMILES string of the molecule is CCN1CCCN2CCN(CC)CCC(Cl)(Cl)N(CC1)CC2.F[P-](F)(F)(F)(F)F.F[P-](F)(F)(F)(F)F.F[P-](F)(F)(F)(F)F.[Mn+3]. The van der Waals surface area contributed by atoms with Gasteiger partial charge < -0.3 is 14.7 Å². The van der Waals surface area contributed by atoms with Crippen LogP contribution in [0.3, 0.4) is 0 Å². The molecule has 0 radical (unpaired) electrons. The minimum Gasteiger partial charge on any atom is 3.00 e. The summed E-state index contributed by atoms with van der Waals surface area (Å²) >= 11 is 13.5. The summed E-state index contributed by atoms with van der Waals surface area (Å²) in [6.45, 7) is 16.3. The van der Waals surface area contributed by atoms with E-state index in [-0.39, 0.29) is 17.1 Å². The van der Waals surface area contributed by atoms with Crippen molar-refractivity contribution in [1.82, 2.24) is 19.6 Å². The third-order valence-corrected chi connectivity index (χ3v) is 6.00. The first-order valence-electron chi connectivity index (χ1n) is 11.9. The van der Waals surface area contributed by atoms with Crippen molar-refractivity contribution < 1.29 is 92.6 Å². The molecular formula is C16H32Cl2F18MnN4P3. The fourth-order valence-electron chi connectivity index (χ4n) is 3.41. The summed E-state index contributed by atoms with van der Waals surface area (Å²) in [6, 6.07) is 0. The van der Waals surface area contributed by atoms with Crippen molar-refractivity contribution >= 4 is 46.6 Å². The molecule has 2 aliphatic rings. The normalized spacial score (nSPS) is 27.4. The van der Waals surface area contributed by atoms with Gasteiger partial charge in [-0.1, -0.05) is 37.0 Å². The average Bonchev–Trinajstić information content (AvgIpc) is 2.64. The van der Waals surface area contributed by atoms with E-state index in [1.807, 2.05) is 0 Å². The van der Waals surface area contributed by atoms with Crippen molar-refractivity contribution in [2.24, 2.45) is 0 Å². The smallest absolute Gasteiger partial charge is 3.00 e. The molecular weight excluding hydrogens is 809 g/mol. The van der Waals surface area contributed by atoms with Gasteiger partial charge in [-0.15, -0.1) is 0 Å². The number of nitrogens with zero attached hydrogens (tertiary/aromatic N) is 4. The second-order valence-electron chi connectivity index (χ2n) is 9.34. The Balaban J connectivity index is -0.000000628. The summed E-state index contributed by atoms with van der Waals surface area (Å²) < 4.78 is 177. The van der Waals surface area contributed by atoms with Crippen LogP contribution in [0.1, 0.15) is 26.7 Å². The number of rotatable bonds is 2. The van der Waals surface area contributed by atoms with E-state index in [4.69, 9.17) is 23.2 Å². The van der Waals surface area contributed by atoms with Crippen LogP contribution < -0.4 is 0 Å². The largest absolute Gasteiger partial charge is 3.00 e. The molecule has 2 fully saturated rings. The predicted molar refractivity (Wildman–Crippen MR) is 137 cm³/mol. The first-order valence-corrected chi connectivity index (χ1v) is 18.7. The number of likely N-dealkylation sites (N-methyl/N-ethyl adjacent to an activating group) is 2. The average molecular weight is 841 g/mol. The summed E-state index contributed by atoms with van der Waals surface area (Å²) in [4.78, 5) is 9.87. The first-order chi connectivity index (χ1) is 17.9. The zero-order chi connectivity index (χ0) is 35.2. The van der Waals surface area contributed by atoms with Gasteiger partial charge in [-0.25, -0.2) is 0 Å². The van der Waals surface area contributed by atoms with Gasteiger partial charge in [-0.2, -0.15) is 0 Å². The van der Waals surface area contributed by atoms with E-state index >= 15 is 0 Å². The molecule has 2 atom stereocenters. The van der Waals surface area contributed by atoms with E-state index in [1.165, 1.54) is 19.5 Å².